The zero-order valence-electron chi connectivity index (χ0n) is 6.22. The fourth-order valence-corrected chi connectivity index (χ4v) is 4.64. The molecule has 2 aliphatic heterocycles. The third kappa shape index (κ3) is 1.19. The number of nitrogens with one attached hydrogen (secondary N) is 1. The van der Waals surface area contributed by atoms with Crippen LogP contribution in [0.4, 0.5) is 0 Å². The zero-order valence-corrected chi connectivity index (χ0v) is 7.86. The Morgan fingerprint density at radius 1 is 1.60 bits per heavy atom. The third-order valence-electron chi connectivity index (χ3n) is 2.15. The molecule has 0 radical (unpaired) electrons. The van der Waals surface area contributed by atoms with E-state index in [-0.39, 0.29) is 0 Å². The molecule has 10 heavy (non-hydrogen) atoms. The van der Waals surface area contributed by atoms with Crippen molar-refractivity contribution in [1.29, 1.82) is 0 Å². The van der Waals surface area contributed by atoms with Gasteiger partial charge in [-0.25, -0.2) is 0 Å². The highest BCUT2D eigenvalue weighted by Crippen LogP contribution is 2.43. The predicted molar refractivity (Wildman–Crippen MR) is 49.7 cm³/mol. The fraction of sp³-hybridized carbons (Fsp3) is 1.00. The van der Waals surface area contributed by atoms with Gasteiger partial charge in [-0.15, -0.1) is 11.8 Å². The van der Waals surface area contributed by atoms with Gasteiger partial charge in [-0.2, -0.15) is 11.8 Å². The van der Waals surface area contributed by atoms with Gasteiger partial charge in [-0.3, -0.25) is 0 Å². The Morgan fingerprint density at radius 3 is 3.00 bits per heavy atom. The second-order valence-corrected chi connectivity index (χ2v) is 6.00. The van der Waals surface area contributed by atoms with Crippen molar-refractivity contribution in [3.63, 3.8) is 0 Å². The van der Waals surface area contributed by atoms with Crippen molar-refractivity contribution in [1.82, 2.24) is 5.32 Å². The maximum Gasteiger partial charge on any atom is 0.0747 e. The smallest absolute Gasteiger partial charge is 0.0747 e. The van der Waals surface area contributed by atoms with Crippen molar-refractivity contribution < 1.29 is 0 Å². The summed E-state index contributed by atoms with van der Waals surface area (Å²) in [4.78, 5) is 0.490. The Balaban J connectivity index is 2.03. The molecule has 2 atom stereocenters. The van der Waals surface area contributed by atoms with Gasteiger partial charge in [0.2, 0.25) is 0 Å². The van der Waals surface area contributed by atoms with E-state index in [4.69, 9.17) is 0 Å². The Kier molecular flexibility index (Phi) is 1.91. The van der Waals surface area contributed by atoms with Gasteiger partial charge in [0.15, 0.2) is 0 Å². The predicted octanol–water partition coefficient (Wildman–Crippen LogP) is 1.54. The minimum atomic E-state index is 0.490. The molecule has 2 fully saturated rings. The van der Waals surface area contributed by atoms with E-state index >= 15 is 0 Å². The summed E-state index contributed by atoms with van der Waals surface area (Å²) in [6.07, 6.45) is 1.36. The number of hydrogen-bond acceptors (Lipinski definition) is 3. The van der Waals surface area contributed by atoms with Gasteiger partial charge in [-0.05, 0) is 6.42 Å². The molecule has 0 aromatic rings. The minimum absolute atomic E-state index is 0.490. The summed E-state index contributed by atoms with van der Waals surface area (Å²) in [5.41, 5.74) is 0. The topological polar surface area (TPSA) is 12.0 Å². The van der Waals surface area contributed by atoms with E-state index in [0.29, 0.717) is 4.87 Å². The van der Waals surface area contributed by atoms with E-state index in [2.05, 4.69) is 35.8 Å². The van der Waals surface area contributed by atoms with Crippen LogP contribution in [0.3, 0.4) is 0 Å². The summed E-state index contributed by atoms with van der Waals surface area (Å²) >= 11 is 4.23. The van der Waals surface area contributed by atoms with Crippen molar-refractivity contribution in [3.8, 4) is 0 Å². The molecular weight excluding hydrogens is 162 g/mol. The number of rotatable bonds is 0. The second-order valence-electron chi connectivity index (χ2n) is 3.10. The lowest BCUT2D eigenvalue weighted by Crippen LogP contribution is -2.37. The lowest BCUT2D eigenvalue weighted by Gasteiger charge is -2.20. The van der Waals surface area contributed by atoms with Crippen LogP contribution in [0.15, 0.2) is 0 Å². The first-order valence-corrected chi connectivity index (χ1v) is 5.85. The molecule has 0 amide bonds. The van der Waals surface area contributed by atoms with Crippen molar-refractivity contribution in [3.05, 3.63) is 0 Å². The average Bonchev–Trinajstić information content (AvgIpc) is 2.46. The normalized spacial score (nSPS) is 47.1. The molecule has 0 aliphatic carbocycles. The number of hydrogen-bond donors (Lipinski definition) is 1. The molecule has 0 saturated carbocycles. The first-order valence-electron chi connectivity index (χ1n) is 3.81. The van der Waals surface area contributed by atoms with E-state index < -0.39 is 0 Å². The van der Waals surface area contributed by atoms with E-state index in [9.17, 15) is 0 Å². The van der Waals surface area contributed by atoms with Crippen molar-refractivity contribution in [2.75, 3.05) is 18.1 Å². The molecule has 2 aliphatic rings. The first kappa shape index (κ1) is 7.32. The molecule has 1 nitrogen and oxygen atoms in total. The molecule has 2 rings (SSSR count). The Morgan fingerprint density at radius 2 is 2.50 bits per heavy atom. The van der Waals surface area contributed by atoms with Crippen LogP contribution in [0.25, 0.3) is 0 Å². The molecule has 3 heteroatoms. The largest absolute Gasteiger partial charge is 0.301 e. The van der Waals surface area contributed by atoms with Crippen LogP contribution in [0.2, 0.25) is 0 Å². The summed E-state index contributed by atoms with van der Waals surface area (Å²) in [7, 11) is 0. The Labute approximate surface area is 70.7 Å². The van der Waals surface area contributed by atoms with Crippen LogP contribution in [0.5, 0.6) is 0 Å². The maximum atomic E-state index is 3.60. The molecule has 0 bridgehead atoms. The SMILES string of the molecule is CC1CC2(CS1)NCCS2. The first-order chi connectivity index (χ1) is 4.81. The lowest BCUT2D eigenvalue weighted by molar-refractivity contribution is 0.535. The average molecular weight is 175 g/mol. The van der Waals surface area contributed by atoms with Gasteiger partial charge in [0.05, 0.1) is 4.87 Å². The summed E-state index contributed by atoms with van der Waals surface area (Å²) < 4.78 is 0. The molecule has 0 aromatic carbocycles. The van der Waals surface area contributed by atoms with Crippen LogP contribution in [-0.4, -0.2) is 28.2 Å². The molecule has 1 N–H and O–H groups in total. The Bertz CT molecular complexity index is 132. The second kappa shape index (κ2) is 2.61. The van der Waals surface area contributed by atoms with Gasteiger partial charge in [0.1, 0.15) is 0 Å². The zero-order chi connectivity index (χ0) is 7.03. The van der Waals surface area contributed by atoms with Gasteiger partial charge in [0, 0.05) is 23.3 Å². The molecule has 2 saturated heterocycles. The highest BCUT2D eigenvalue weighted by molar-refractivity contribution is 8.05. The van der Waals surface area contributed by atoms with Crippen LogP contribution in [0.1, 0.15) is 13.3 Å². The number of thioether (sulfide) groups is 2. The minimum Gasteiger partial charge on any atom is -0.301 e. The standard InChI is InChI=1S/C7H13NS2/c1-6-4-7(5-9-6)8-2-3-10-7/h6,8H,2-5H2,1H3. The van der Waals surface area contributed by atoms with Crippen molar-refractivity contribution in [2.45, 2.75) is 23.5 Å². The fourth-order valence-electron chi connectivity index (χ4n) is 1.66. The third-order valence-corrected chi connectivity index (χ3v) is 5.14. The molecular formula is C7H13NS2. The van der Waals surface area contributed by atoms with Crippen molar-refractivity contribution >= 4 is 23.5 Å². The summed E-state index contributed by atoms with van der Waals surface area (Å²) in [5.74, 6) is 2.63. The molecule has 2 heterocycles. The van der Waals surface area contributed by atoms with E-state index in [1.807, 2.05) is 0 Å². The molecule has 58 valence electrons. The maximum absolute atomic E-state index is 3.60. The van der Waals surface area contributed by atoms with Gasteiger partial charge >= 0.3 is 0 Å². The molecule has 2 unspecified atom stereocenters. The highest BCUT2D eigenvalue weighted by Gasteiger charge is 2.40. The van der Waals surface area contributed by atoms with E-state index in [1.165, 1.54) is 24.5 Å². The van der Waals surface area contributed by atoms with Gasteiger partial charge in [0.25, 0.3) is 0 Å². The van der Waals surface area contributed by atoms with E-state index in [0.717, 1.165) is 5.25 Å². The lowest BCUT2D eigenvalue weighted by atomic mass is 10.2. The van der Waals surface area contributed by atoms with Gasteiger partial charge < -0.3 is 5.32 Å². The quantitative estimate of drug-likeness (QED) is 0.600. The molecule has 0 aromatic heterocycles. The van der Waals surface area contributed by atoms with Crippen LogP contribution in [-0.2, 0) is 0 Å². The van der Waals surface area contributed by atoms with Crippen LogP contribution < -0.4 is 5.32 Å². The van der Waals surface area contributed by atoms with Gasteiger partial charge in [-0.1, -0.05) is 6.92 Å². The van der Waals surface area contributed by atoms with Crippen molar-refractivity contribution in [2.24, 2.45) is 0 Å². The summed E-state index contributed by atoms with van der Waals surface area (Å²) in [5, 5.41) is 4.48. The Hall–Kier alpha value is 0.660. The monoisotopic (exact) mass is 175 g/mol. The molecule has 1 spiro atoms. The highest BCUT2D eigenvalue weighted by atomic mass is 32.2. The van der Waals surface area contributed by atoms with Crippen LogP contribution >= 0.6 is 23.5 Å². The summed E-state index contributed by atoms with van der Waals surface area (Å²) in [6, 6.07) is 0. The summed E-state index contributed by atoms with van der Waals surface area (Å²) in [6.45, 7) is 3.55. The van der Waals surface area contributed by atoms with Crippen LogP contribution in [0, 0.1) is 0 Å². The van der Waals surface area contributed by atoms with E-state index in [1.54, 1.807) is 0 Å².